The summed E-state index contributed by atoms with van der Waals surface area (Å²) >= 11 is 1.68. The van der Waals surface area contributed by atoms with Crippen LogP contribution in [0, 0.1) is 13.8 Å². The van der Waals surface area contributed by atoms with Gasteiger partial charge in [-0.15, -0.1) is 11.3 Å². The molecule has 0 saturated carbocycles. The van der Waals surface area contributed by atoms with Gasteiger partial charge in [-0.25, -0.2) is 0 Å². The van der Waals surface area contributed by atoms with Crippen LogP contribution in [0.15, 0.2) is 11.7 Å². The molecule has 1 N–H and O–H groups in total. The van der Waals surface area contributed by atoms with E-state index in [1.54, 1.807) is 11.3 Å². The van der Waals surface area contributed by atoms with Crippen molar-refractivity contribution in [2.24, 2.45) is 0 Å². The van der Waals surface area contributed by atoms with Gasteiger partial charge in [0.2, 0.25) is 0 Å². The maximum atomic E-state index is 4.62. The maximum absolute atomic E-state index is 4.62. The van der Waals surface area contributed by atoms with Crippen molar-refractivity contribution in [1.29, 1.82) is 0 Å². The molecule has 5 heteroatoms. The van der Waals surface area contributed by atoms with Gasteiger partial charge in [-0.05, 0) is 26.8 Å². The average Bonchev–Trinajstić information content (AvgIpc) is 2.93. The zero-order chi connectivity index (χ0) is 13.0. The van der Waals surface area contributed by atoms with Gasteiger partial charge >= 0.3 is 0 Å². The number of nitrogens with zero attached hydrogens (tertiary/aromatic N) is 3. The van der Waals surface area contributed by atoms with Crippen LogP contribution in [0.4, 0.5) is 0 Å². The highest BCUT2D eigenvalue weighted by atomic mass is 32.1. The fourth-order valence-electron chi connectivity index (χ4n) is 2.00. The maximum Gasteiger partial charge on any atom is 0.0794 e. The molecule has 0 unspecified atom stereocenters. The molecule has 0 atom stereocenters. The predicted molar refractivity (Wildman–Crippen MR) is 74.9 cm³/mol. The summed E-state index contributed by atoms with van der Waals surface area (Å²) in [5.74, 6) is 0. The van der Waals surface area contributed by atoms with E-state index in [1.165, 1.54) is 16.1 Å². The Hall–Kier alpha value is -1.20. The molecule has 2 rings (SSSR count). The summed E-state index contributed by atoms with van der Waals surface area (Å²) in [6, 6.07) is 0. The summed E-state index contributed by atoms with van der Waals surface area (Å²) in [5.41, 5.74) is 5.57. The van der Waals surface area contributed by atoms with Crippen LogP contribution in [0.5, 0.6) is 0 Å². The molecule has 0 bridgehead atoms. The van der Waals surface area contributed by atoms with Crippen LogP contribution in [-0.2, 0) is 13.1 Å². The van der Waals surface area contributed by atoms with Crippen LogP contribution in [0.3, 0.4) is 0 Å². The van der Waals surface area contributed by atoms with Crippen LogP contribution in [0.2, 0.25) is 0 Å². The zero-order valence-electron chi connectivity index (χ0n) is 11.2. The summed E-state index contributed by atoms with van der Waals surface area (Å²) < 4.78 is 2.08. The van der Waals surface area contributed by atoms with Gasteiger partial charge in [0.15, 0.2) is 0 Å². The minimum Gasteiger partial charge on any atom is -0.313 e. The number of hydrogen-bond donors (Lipinski definition) is 1. The molecule has 0 aliphatic heterocycles. The van der Waals surface area contributed by atoms with E-state index in [0.717, 1.165) is 31.7 Å². The lowest BCUT2D eigenvalue weighted by molar-refractivity contribution is 0.654. The van der Waals surface area contributed by atoms with E-state index in [2.05, 4.69) is 40.9 Å². The lowest BCUT2D eigenvalue weighted by Gasteiger charge is -2.05. The molecule has 2 aromatic rings. The Balaban J connectivity index is 2.10. The first-order valence-electron chi connectivity index (χ1n) is 6.33. The second-order valence-electron chi connectivity index (χ2n) is 4.45. The van der Waals surface area contributed by atoms with Crippen LogP contribution >= 0.6 is 11.3 Å². The topological polar surface area (TPSA) is 42.7 Å². The zero-order valence-corrected chi connectivity index (χ0v) is 12.0. The molecule has 2 heterocycles. The number of nitrogens with one attached hydrogen (secondary N) is 1. The summed E-state index contributed by atoms with van der Waals surface area (Å²) in [5, 5.41) is 8.06. The van der Waals surface area contributed by atoms with E-state index in [9.17, 15) is 0 Å². The first kappa shape index (κ1) is 13.2. The van der Waals surface area contributed by atoms with E-state index < -0.39 is 0 Å². The smallest absolute Gasteiger partial charge is 0.0794 e. The summed E-state index contributed by atoms with van der Waals surface area (Å²) in [4.78, 5) is 5.35. The molecule has 2 aromatic heterocycles. The molecule has 18 heavy (non-hydrogen) atoms. The SMILES string of the molecule is CCCNCc1c(C)nn(Cc2cncs2)c1C. The largest absolute Gasteiger partial charge is 0.313 e. The average molecular weight is 264 g/mol. The first-order valence-corrected chi connectivity index (χ1v) is 7.21. The van der Waals surface area contributed by atoms with Gasteiger partial charge in [0, 0.05) is 28.9 Å². The standard InChI is InChI=1S/C13H20N4S/c1-4-5-14-7-13-10(2)16-17(11(13)3)8-12-6-15-9-18-12/h6,9,14H,4-5,7-8H2,1-3H3. The molecule has 98 valence electrons. The van der Waals surface area contributed by atoms with E-state index in [-0.39, 0.29) is 0 Å². The highest BCUT2D eigenvalue weighted by Crippen LogP contribution is 2.16. The van der Waals surface area contributed by atoms with E-state index >= 15 is 0 Å². The van der Waals surface area contributed by atoms with Gasteiger partial charge in [0.25, 0.3) is 0 Å². The van der Waals surface area contributed by atoms with Crippen molar-refractivity contribution in [3.8, 4) is 0 Å². The van der Waals surface area contributed by atoms with Crippen molar-refractivity contribution in [1.82, 2.24) is 20.1 Å². The molecule has 0 aromatic carbocycles. The molecule has 0 aliphatic carbocycles. The van der Waals surface area contributed by atoms with Crippen LogP contribution in [0.1, 0.15) is 35.2 Å². The van der Waals surface area contributed by atoms with Gasteiger partial charge in [0.05, 0.1) is 17.7 Å². The van der Waals surface area contributed by atoms with Crippen molar-refractivity contribution < 1.29 is 0 Å². The third-order valence-electron chi connectivity index (χ3n) is 3.05. The first-order chi connectivity index (χ1) is 8.72. The number of aromatic nitrogens is 3. The fraction of sp³-hybridized carbons (Fsp3) is 0.538. The summed E-state index contributed by atoms with van der Waals surface area (Å²) in [7, 11) is 0. The van der Waals surface area contributed by atoms with E-state index in [4.69, 9.17) is 0 Å². The monoisotopic (exact) mass is 264 g/mol. The normalized spacial score (nSPS) is 11.1. The lowest BCUT2D eigenvalue weighted by atomic mass is 10.2. The van der Waals surface area contributed by atoms with Crippen molar-refractivity contribution in [2.45, 2.75) is 40.3 Å². The molecule has 0 spiro atoms. The molecule has 0 aliphatic rings. The molecular formula is C13H20N4S. The minimum absolute atomic E-state index is 0.825. The van der Waals surface area contributed by atoms with Gasteiger partial charge in [-0.1, -0.05) is 6.92 Å². The van der Waals surface area contributed by atoms with Crippen LogP contribution in [0.25, 0.3) is 0 Å². The second-order valence-corrected chi connectivity index (χ2v) is 5.42. The number of rotatable bonds is 6. The van der Waals surface area contributed by atoms with Gasteiger partial charge in [0.1, 0.15) is 0 Å². The Morgan fingerprint density at radius 2 is 2.22 bits per heavy atom. The number of hydrogen-bond acceptors (Lipinski definition) is 4. The second kappa shape index (κ2) is 6.11. The Morgan fingerprint density at radius 1 is 1.39 bits per heavy atom. The predicted octanol–water partition coefficient (Wildman–Crippen LogP) is 2.50. The Labute approximate surface area is 112 Å². The highest BCUT2D eigenvalue weighted by molar-refractivity contribution is 7.09. The van der Waals surface area contributed by atoms with Crippen molar-refractivity contribution >= 4 is 11.3 Å². The molecule has 4 nitrogen and oxygen atoms in total. The highest BCUT2D eigenvalue weighted by Gasteiger charge is 2.11. The van der Waals surface area contributed by atoms with Gasteiger partial charge in [-0.2, -0.15) is 5.10 Å². The number of thiazole rings is 1. The third kappa shape index (κ3) is 2.97. The van der Waals surface area contributed by atoms with Crippen molar-refractivity contribution in [3.05, 3.63) is 33.5 Å². The quantitative estimate of drug-likeness (QED) is 0.815. The van der Waals surface area contributed by atoms with Gasteiger partial charge < -0.3 is 5.32 Å². The Morgan fingerprint density at radius 3 is 2.89 bits per heavy atom. The lowest BCUT2D eigenvalue weighted by Crippen LogP contribution is -2.15. The summed E-state index contributed by atoms with van der Waals surface area (Å²) in [6.07, 6.45) is 3.07. The molecule has 0 radical (unpaired) electrons. The van der Waals surface area contributed by atoms with Crippen molar-refractivity contribution in [3.63, 3.8) is 0 Å². The Kier molecular flexibility index (Phi) is 4.49. The van der Waals surface area contributed by atoms with Gasteiger partial charge in [-0.3, -0.25) is 9.67 Å². The Bertz CT molecular complexity index is 487. The molecule has 0 amide bonds. The van der Waals surface area contributed by atoms with Crippen LogP contribution in [-0.4, -0.2) is 21.3 Å². The molecule has 0 saturated heterocycles. The fourth-order valence-corrected chi connectivity index (χ4v) is 2.58. The summed E-state index contributed by atoms with van der Waals surface area (Å²) in [6.45, 7) is 9.20. The molecular weight excluding hydrogens is 244 g/mol. The van der Waals surface area contributed by atoms with E-state index in [1.807, 2.05) is 11.7 Å². The van der Waals surface area contributed by atoms with Crippen LogP contribution < -0.4 is 5.32 Å². The third-order valence-corrected chi connectivity index (χ3v) is 3.81. The van der Waals surface area contributed by atoms with Crippen molar-refractivity contribution in [2.75, 3.05) is 6.54 Å². The number of aryl methyl sites for hydroxylation is 1. The minimum atomic E-state index is 0.825. The molecule has 0 fully saturated rings. The van der Waals surface area contributed by atoms with E-state index in [0.29, 0.717) is 0 Å².